The lowest BCUT2D eigenvalue weighted by atomic mass is 10.2. The smallest absolute Gasteiger partial charge is 0.237 e. The molecule has 3 rings (SSSR count). The summed E-state index contributed by atoms with van der Waals surface area (Å²) in [5.74, 6) is -0.184. The maximum atomic E-state index is 12.7. The van der Waals surface area contributed by atoms with Crippen molar-refractivity contribution in [2.45, 2.75) is 43.5 Å². The molecule has 2 aliphatic heterocycles. The van der Waals surface area contributed by atoms with Crippen molar-refractivity contribution in [3.05, 3.63) is 34.9 Å². The van der Waals surface area contributed by atoms with Crippen LogP contribution in [0.2, 0.25) is 5.02 Å². The summed E-state index contributed by atoms with van der Waals surface area (Å²) >= 11 is 6.08. The van der Waals surface area contributed by atoms with E-state index in [9.17, 15) is 13.2 Å². The molecule has 138 valence electrons. The summed E-state index contributed by atoms with van der Waals surface area (Å²) < 4.78 is 27.0. The van der Waals surface area contributed by atoms with E-state index < -0.39 is 21.3 Å². The van der Waals surface area contributed by atoms with Crippen LogP contribution in [0.3, 0.4) is 0 Å². The molecule has 1 aromatic rings. The van der Waals surface area contributed by atoms with Crippen LogP contribution in [0.4, 0.5) is 0 Å². The number of hydrogen-bond acceptors (Lipinski definition) is 4. The average molecular weight is 386 g/mol. The predicted octanol–water partition coefficient (Wildman–Crippen LogP) is 1.50. The normalized spacial score (nSPS) is 25.0. The van der Waals surface area contributed by atoms with Crippen LogP contribution in [0.15, 0.2) is 24.3 Å². The van der Waals surface area contributed by atoms with Gasteiger partial charge in [0.2, 0.25) is 15.9 Å². The van der Waals surface area contributed by atoms with E-state index in [1.54, 1.807) is 10.4 Å². The number of sulfonamides is 1. The van der Waals surface area contributed by atoms with Gasteiger partial charge in [0.25, 0.3) is 0 Å². The number of amides is 1. The van der Waals surface area contributed by atoms with E-state index in [4.69, 9.17) is 11.6 Å². The summed E-state index contributed by atoms with van der Waals surface area (Å²) in [5, 5.41) is 5.97. The van der Waals surface area contributed by atoms with Crippen LogP contribution in [0.25, 0.3) is 0 Å². The fourth-order valence-electron chi connectivity index (χ4n) is 3.41. The number of nitrogens with one attached hydrogen (secondary N) is 2. The number of carbonyl (C=O) groups is 1. The first kappa shape index (κ1) is 18.6. The third kappa shape index (κ3) is 4.34. The van der Waals surface area contributed by atoms with Crippen molar-refractivity contribution in [2.24, 2.45) is 0 Å². The molecule has 25 heavy (non-hydrogen) atoms. The van der Waals surface area contributed by atoms with Crippen molar-refractivity contribution in [3.8, 4) is 0 Å². The quantitative estimate of drug-likeness (QED) is 0.805. The number of piperidine rings is 1. The molecular formula is C17H24ClN3O3S. The first-order valence-corrected chi connectivity index (χ1v) is 10.6. The Morgan fingerprint density at radius 2 is 1.96 bits per heavy atom. The molecule has 2 unspecified atom stereocenters. The van der Waals surface area contributed by atoms with Crippen molar-refractivity contribution in [2.75, 3.05) is 19.6 Å². The number of nitrogens with zero attached hydrogens (tertiary/aromatic N) is 1. The molecule has 2 aliphatic rings. The minimum Gasteiger partial charge on any atom is -0.351 e. The van der Waals surface area contributed by atoms with E-state index in [0.29, 0.717) is 37.6 Å². The van der Waals surface area contributed by atoms with E-state index in [1.165, 1.54) is 0 Å². The summed E-state index contributed by atoms with van der Waals surface area (Å²) in [4.78, 5) is 12.4. The Labute approximate surface area is 154 Å². The zero-order valence-corrected chi connectivity index (χ0v) is 15.7. The zero-order chi connectivity index (χ0) is 17.9. The van der Waals surface area contributed by atoms with Gasteiger partial charge in [-0.25, -0.2) is 12.7 Å². The molecule has 2 saturated heterocycles. The maximum absolute atomic E-state index is 12.7. The van der Waals surface area contributed by atoms with Gasteiger partial charge in [-0.05, 0) is 30.9 Å². The second-order valence-corrected chi connectivity index (χ2v) is 9.25. The van der Waals surface area contributed by atoms with Crippen LogP contribution in [0.1, 0.15) is 31.2 Å². The molecular weight excluding hydrogens is 362 g/mol. The van der Waals surface area contributed by atoms with Gasteiger partial charge in [-0.2, -0.15) is 0 Å². The topological polar surface area (TPSA) is 78.5 Å². The van der Waals surface area contributed by atoms with Crippen LogP contribution in [0.5, 0.6) is 0 Å². The standard InChI is InChI=1S/C17H24ClN3O3S/c18-15-7-3-2-6-13(15)11-20-17(22)16-10-14(12-19-16)25(23,24)21-8-4-1-5-9-21/h2-3,6-7,14,16,19H,1,4-5,8-12H2,(H,20,22). The van der Waals surface area contributed by atoms with Crippen molar-refractivity contribution in [1.29, 1.82) is 0 Å². The Morgan fingerprint density at radius 3 is 2.68 bits per heavy atom. The van der Waals surface area contributed by atoms with Crippen molar-refractivity contribution < 1.29 is 13.2 Å². The van der Waals surface area contributed by atoms with Gasteiger partial charge in [0, 0.05) is 31.2 Å². The fraction of sp³-hybridized carbons (Fsp3) is 0.588. The third-order valence-corrected chi connectivity index (χ3v) is 7.57. The van der Waals surface area contributed by atoms with Crippen molar-refractivity contribution in [3.63, 3.8) is 0 Å². The fourth-order valence-corrected chi connectivity index (χ4v) is 5.54. The number of rotatable bonds is 5. The molecule has 0 saturated carbocycles. The van der Waals surface area contributed by atoms with E-state index in [2.05, 4.69) is 10.6 Å². The molecule has 2 heterocycles. The van der Waals surface area contributed by atoms with Crippen molar-refractivity contribution in [1.82, 2.24) is 14.9 Å². The number of halogens is 1. The Balaban J connectivity index is 1.55. The zero-order valence-electron chi connectivity index (χ0n) is 14.1. The van der Waals surface area contributed by atoms with Crippen LogP contribution >= 0.6 is 11.6 Å². The van der Waals surface area contributed by atoms with E-state index >= 15 is 0 Å². The Morgan fingerprint density at radius 1 is 1.24 bits per heavy atom. The highest BCUT2D eigenvalue weighted by molar-refractivity contribution is 7.89. The van der Waals surface area contributed by atoms with Gasteiger partial charge in [-0.1, -0.05) is 36.2 Å². The lowest BCUT2D eigenvalue weighted by Crippen LogP contribution is -2.42. The largest absolute Gasteiger partial charge is 0.351 e. The first-order valence-electron chi connectivity index (χ1n) is 8.72. The van der Waals surface area contributed by atoms with Gasteiger partial charge in [-0.3, -0.25) is 4.79 Å². The van der Waals surface area contributed by atoms with Crippen LogP contribution in [0, 0.1) is 0 Å². The molecule has 0 spiro atoms. The Kier molecular flexibility index (Phi) is 5.99. The number of benzene rings is 1. The van der Waals surface area contributed by atoms with Gasteiger partial charge in [0.15, 0.2) is 0 Å². The second-order valence-electron chi connectivity index (χ2n) is 6.63. The lowest BCUT2D eigenvalue weighted by Gasteiger charge is -2.28. The molecule has 1 aromatic carbocycles. The van der Waals surface area contributed by atoms with Crippen LogP contribution < -0.4 is 10.6 Å². The third-order valence-electron chi connectivity index (χ3n) is 4.91. The number of carbonyl (C=O) groups excluding carboxylic acids is 1. The molecule has 0 aromatic heterocycles. The van der Waals surface area contributed by atoms with Gasteiger partial charge in [0.1, 0.15) is 0 Å². The molecule has 2 fully saturated rings. The minimum absolute atomic E-state index is 0.184. The first-order chi connectivity index (χ1) is 12.0. The van der Waals surface area contributed by atoms with Gasteiger partial charge in [0.05, 0.1) is 11.3 Å². The van der Waals surface area contributed by atoms with Crippen LogP contribution in [-0.2, 0) is 21.4 Å². The molecule has 0 bridgehead atoms. The van der Waals surface area contributed by atoms with E-state index in [0.717, 1.165) is 24.8 Å². The van der Waals surface area contributed by atoms with E-state index in [1.807, 2.05) is 18.2 Å². The number of hydrogen-bond donors (Lipinski definition) is 2. The van der Waals surface area contributed by atoms with Gasteiger partial charge >= 0.3 is 0 Å². The van der Waals surface area contributed by atoms with Gasteiger partial charge < -0.3 is 10.6 Å². The Bertz CT molecular complexity index is 720. The Hall–Kier alpha value is -1.15. The highest BCUT2D eigenvalue weighted by atomic mass is 35.5. The molecule has 1 amide bonds. The summed E-state index contributed by atoms with van der Waals surface area (Å²) in [6, 6.07) is 6.85. The van der Waals surface area contributed by atoms with Gasteiger partial charge in [-0.15, -0.1) is 0 Å². The lowest BCUT2D eigenvalue weighted by molar-refractivity contribution is -0.122. The predicted molar refractivity (Wildman–Crippen MR) is 97.8 cm³/mol. The summed E-state index contributed by atoms with van der Waals surface area (Å²) in [5.41, 5.74) is 0.841. The van der Waals surface area contributed by atoms with Crippen molar-refractivity contribution >= 4 is 27.5 Å². The molecule has 0 radical (unpaired) electrons. The monoisotopic (exact) mass is 385 g/mol. The molecule has 8 heteroatoms. The molecule has 6 nitrogen and oxygen atoms in total. The summed E-state index contributed by atoms with van der Waals surface area (Å²) in [6.45, 7) is 1.85. The maximum Gasteiger partial charge on any atom is 0.237 e. The van der Waals surface area contributed by atoms with E-state index in [-0.39, 0.29) is 5.91 Å². The highest BCUT2D eigenvalue weighted by Gasteiger charge is 2.40. The molecule has 2 atom stereocenters. The SMILES string of the molecule is O=C(NCc1ccccc1Cl)C1CC(S(=O)(=O)N2CCCCC2)CN1. The second kappa shape index (κ2) is 8.03. The summed E-state index contributed by atoms with van der Waals surface area (Å²) in [6.07, 6.45) is 3.23. The molecule has 2 N–H and O–H groups in total. The summed E-state index contributed by atoms with van der Waals surface area (Å²) in [7, 11) is -3.33. The van der Waals surface area contributed by atoms with Crippen LogP contribution in [-0.4, -0.2) is 49.6 Å². The highest BCUT2D eigenvalue weighted by Crippen LogP contribution is 2.22. The molecule has 0 aliphatic carbocycles. The average Bonchev–Trinajstić information content (AvgIpc) is 3.12. The minimum atomic E-state index is -3.33.